The summed E-state index contributed by atoms with van der Waals surface area (Å²) < 4.78 is 5.79. The van der Waals surface area contributed by atoms with Gasteiger partial charge in [0.05, 0.1) is 12.7 Å². The molecule has 90 valence electrons. The number of aromatic amines is 1. The molecule has 3 nitrogen and oxygen atoms in total. The van der Waals surface area contributed by atoms with Gasteiger partial charge in [-0.05, 0) is 30.9 Å². The van der Waals surface area contributed by atoms with E-state index in [9.17, 15) is 0 Å². The zero-order valence-corrected chi connectivity index (χ0v) is 9.78. The Kier molecular flexibility index (Phi) is 2.87. The first-order valence-corrected chi connectivity index (χ1v) is 6.22. The zero-order chi connectivity index (χ0) is 11.7. The summed E-state index contributed by atoms with van der Waals surface area (Å²) in [5.41, 5.74) is 3.80. The minimum Gasteiger partial charge on any atom is -0.396 e. The van der Waals surface area contributed by atoms with Crippen molar-refractivity contribution in [3.63, 3.8) is 0 Å². The summed E-state index contributed by atoms with van der Waals surface area (Å²) in [6, 6.07) is 8.40. The van der Waals surface area contributed by atoms with Gasteiger partial charge in [-0.25, -0.2) is 0 Å². The lowest BCUT2D eigenvalue weighted by molar-refractivity contribution is 0.0299. The maximum absolute atomic E-state index is 8.92. The van der Waals surface area contributed by atoms with E-state index in [1.807, 2.05) is 6.07 Å². The molecule has 2 heterocycles. The number of rotatable bonds is 3. The van der Waals surface area contributed by atoms with Gasteiger partial charge in [0.1, 0.15) is 0 Å². The van der Waals surface area contributed by atoms with Gasteiger partial charge >= 0.3 is 0 Å². The highest BCUT2D eigenvalue weighted by atomic mass is 16.5. The Morgan fingerprint density at radius 2 is 2.24 bits per heavy atom. The Hall–Kier alpha value is -1.32. The summed E-state index contributed by atoms with van der Waals surface area (Å²) in [6.07, 6.45) is 2.78. The minimum atomic E-state index is 0.123. The lowest BCUT2D eigenvalue weighted by Crippen LogP contribution is -2.16. The average molecular weight is 231 g/mol. The number of aliphatic hydroxyl groups is 1. The number of aromatic nitrogens is 1. The van der Waals surface area contributed by atoms with Crippen molar-refractivity contribution in [3.8, 4) is 0 Å². The van der Waals surface area contributed by atoms with Crippen LogP contribution in [0.2, 0.25) is 0 Å². The second-order valence-electron chi connectivity index (χ2n) is 4.54. The van der Waals surface area contributed by atoms with Crippen LogP contribution >= 0.6 is 0 Å². The third-order valence-corrected chi connectivity index (χ3v) is 3.46. The number of hydrogen-bond donors (Lipinski definition) is 2. The SMILES string of the molecule is OCCCC1OCCc2c1[nH]c1ccccc21. The van der Waals surface area contributed by atoms with E-state index in [1.165, 1.54) is 22.2 Å². The van der Waals surface area contributed by atoms with Crippen LogP contribution in [-0.4, -0.2) is 23.3 Å². The highest BCUT2D eigenvalue weighted by Crippen LogP contribution is 2.34. The van der Waals surface area contributed by atoms with Crippen LogP contribution in [0.3, 0.4) is 0 Å². The molecule has 3 rings (SSSR count). The van der Waals surface area contributed by atoms with Crippen LogP contribution in [0.5, 0.6) is 0 Å². The maximum atomic E-state index is 8.92. The van der Waals surface area contributed by atoms with E-state index in [4.69, 9.17) is 9.84 Å². The van der Waals surface area contributed by atoms with Crippen LogP contribution < -0.4 is 0 Å². The molecule has 1 aromatic heterocycles. The molecule has 1 unspecified atom stereocenters. The number of ether oxygens (including phenoxy) is 1. The topological polar surface area (TPSA) is 45.2 Å². The summed E-state index contributed by atoms with van der Waals surface area (Å²) in [6.45, 7) is 1.01. The van der Waals surface area contributed by atoms with Crippen molar-refractivity contribution in [1.82, 2.24) is 4.98 Å². The fraction of sp³-hybridized carbons (Fsp3) is 0.429. The number of aliphatic hydroxyl groups excluding tert-OH is 1. The Labute approximate surface area is 100 Å². The smallest absolute Gasteiger partial charge is 0.0976 e. The first kappa shape index (κ1) is 10.8. The van der Waals surface area contributed by atoms with Crippen LogP contribution in [0.25, 0.3) is 10.9 Å². The number of hydrogen-bond acceptors (Lipinski definition) is 2. The van der Waals surface area contributed by atoms with Crippen molar-refractivity contribution in [2.45, 2.75) is 25.4 Å². The predicted molar refractivity (Wildman–Crippen MR) is 67.0 cm³/mol. The first-order chi connectivity index (χ1) is 8.40. The molecule has 1 aliphatic rings. The molecule has 0 amide bonds. The Balaban J connectivity index is 2.02. The number of fused-ring (bicyclic) bond motifs is 3. The largest absolute Gasteiger partial charge is 0.396 e. The van der Waals surface area contributed by atoms with E-state index >= 15 is 0 Å². The van der Waals surface area contributed by atoms with E-state index < -0.39 is 0 Å². The molecule has 1 atom stereocenters. The van der Waals surface area contributed by atoms with Gasteiger partial charge in [0, 0.05) is 23.2 Å². The molecular formula is C14H17NO2. The monoisotopic (exact) mass is 231 g/mol. The quantitative estimate of drug-likeness (QED) is 0.852. The second kappa shape index (κ2) is 4.51. The van der Waals surface area contributed by atoms with Gasteiger partial charge in [-0.2, -0.15) is 0 Å². The van der Waals surface area contributed by atoms with Gasteiger partial charge in [-0.3, -0.25) is 0 Å². The summed E-state index contributed by atoms with van der Waals surface area (Å²) in [7, 11) is 0. The van der Waals surface area contributed by atoms with Crippen LogP contribution in [0, 0.1) is 0 Å². The molecule has 17 heavy (non-hydrogen) atoms. The third kappa shape index (κ3) is 1.85. The predicted octanol–water partition coefficient (Wildman–Crippen LogP) is 2.55. The Morgan fingerprint density at radius 1 is 1.35 bits per heavy atom. The molecule has 2 N–H and O–H groups in total. The fourth-order valence-corrected chi connectivity index (χ4v) is 2.66. The summed E-state index contributed by atoms with van der Waals surface area (Å²) >= 11 is 0. The van der Waals surface area contributed by atoms with Crippen molar-refractivity contribution in [1.29, 1.82) is 0 Å². The van der Waals surface area contributed by atoms with Crippen molar-refractivity contribution in [3.05, 3.63) is 35.5 Å². The molecule has 0 bridgehead atoms. The fourth-order valence-electron chi connectivity index (χ4n) is 2.66. The molecule has 1 aliphatic heterocycles. The molecule has 0 aliphatic carbocycles. The molecule has 3 heteroatoms. The molecule has 2 aromatic rings. The van der Waals surface area contributed by atoms with Crippen molar-refractivity contribution in [2.24, 2.45) is 0 Å². The van der Waals surface area contributed by atoms with Gasteiger partial charge in [-0.15, -0.1) is 0 Å². The molecule has 0 radical (unpaired) electrons. The molecule has 0 spiro atoms. The normalized spacial score (nSPS) is 19.5. The minimum absolute atomic E-state index is 0.123. The highest BCUT2D eigenvalue weighted by molar-refractivity contribution is 5.84. The van der Waals surface area contributed by atoms with E-state index in [0.717, 1.165) is 25.9 Å². The van der Waals surface area contributed by atoms with Crippen molar-refractivity contribution >= 4 is 10.9 Å². The van der Waals surface area contributed by atoms with Crippen molar-refractivity contribution < 1.29 is 9.84 Å². The molecule has 0 fully saturated rings. The van der Waals surface area contributed by atoms with Crippen LogP contribution in [0.1, 0.15) is 30.2 Å². The molecular weight excluding hydrogens is 214 g/mol. The Bertz CT molecular complexity index is 518. The maximum Gasteiger partial charge on any atom is 0.0976 e. The lowest BCUT2D eigenvalue weighted by Gasteiger charge is -2.23. The van der Waals surface area contributed by atoms with E-state index in [1.54, 1.807) is 0 Å². The second-order valence-corrected chi connectivity index (χ2v) is 4.54. The highest BCUT2D eigenvalue weighted by Gasteiger charge is 2.24. The molecule has 0 saturated heterocycles. The summed E-state index contributed by atoms with van der Waals surface area (Å²) in [4.78, 5) is 3.47. The molecule has 0 saturated carbocycles. The van der Waals surface area contributed by atoms with Gasteiger partial charge < -0.3 is 14.8 Å². The number of nitrogens with one attached hydrogen (secondary N) is 1. The van der Waals surface area contributed by atoms with E-state index in [2.05, 4.69) is 23.2 Å². The number of benzene rings is 1. The van der Waals surface area contributed by atoms with Gasteiger partial charge in [-0.1, -0.05) is 18.2 Å². The van der Waals surface area contributed by atoms with Gasteiger partial charge in [0.25, 0.3) is 0 Å². The summed E-state index contributed by atoms with van der Waals surface area (Å²) in [5.74, 6) is 0. The van der Waals surface area contributed by atoms with Crippen LogP contribution in [-0.2, 0) is 11.2 Å². The zero-order valence-electron chi connectivity index (χ0n) is 9.78. The van der Waals surface area contributed by atoms with Crippen LogP contribution in [0.4, 0.5) is 0 Å². The van der Waals surface area contributed by atoms with Crippen LogP contribution in [0.15, 0.2) is 24.3 Å². The lowest BCUT2D eigenvalue weighted by atomic mass is 10.00. The molecule has 1 aromatic carbocycles. The number of para-hydroxylation sites is 1. The Morgan fingerprint density at radius 3 is 3.12 bits per heavy atom. The van der Waals surface area contributed by atoms with Gasteiger partial charge in [0.15, 0.2) is 0 Å². The van der Waals surface area contributed by atoms with E-state index in [0.29, 0.717) is 0 Å². The van der Waals surface area contributed by atoms with Crippen molar-refractivity contribution in [2.75, 3.05) is 13.2 Å². The third-order valence-electron chi connectivity index (χ3n) is 3.46. The van der Waals surface area contributed by atoms with E-state index in [-0.39, 0.29) is 12.7 Å². The average Bonchev–Trinajstić information content (AvgIpc) is 2.75. The standard InChI is InChI=1S/C14H17NO2/c16-8-3-6-13-14-11(7-9-17-13)10-4-1-2-5-12(10)15-14/h1-2,4-5,13,15-16H,3,6-9H2. The first-order valence-electron chi connectivity index (χ1n) is 6.22. The summed E-state index contributed by atoms with van der Waals surface area (Å²) in [5, 5.41) is 10.2. The van der Waals surface area contributed by atoms with Gasteiger partial charge in [0.2, 0.25) is 0 Å². The number of H-pyrrole nitrogens is 1.